The second-order valence-corrected chi connectivity index (χ2v) is 6.50. The molecule has 1 aliphatic rings. The molecule has 0 aliphatic carbocycles. The molecule has 0 saturated carbocycles. The van der Waals surface area contributed by atoms with E-state index in [-0.39, 0.29) is 0 Å². The third-order valence-corrected chi connectivity index (χ3v) is 4.16. The third kappa shape index (κ3) is 3.97. The maximum Gasteiger partial charge on any atom is 0.309 e. The van der Waals surface area contributed by atoms with E-state index in [1.54, 1.807) is 21.0 Å². The minimum absolute atomic E-state index is 0.527. The molecule has 4 nitrogen and oxygen atoms in total. The molecule has 1 aromatic rings. The molecule has 1 N–H and O–H groups in total. The number of carbonyl (C=O) groups is 1. The molecule has 116 valence electrons. The van der Waals surface area contributed by atoms with Gasteiger partial charge in [-0.1, -0.05) is 12.1 Å². The molecular weight excluding hydrogens is 266 g/mol. The second-order valence-electron chi connectivity index (χ2n) is 6.50. The average Bonchev–Trinajstić information content (AvgIpc) is 2.91. The molecule has 2 rings (SSSR count). The molecule has 0 unspecified atom stereocenters. The van der Waals surface area contributed by atoms with Crippen molar-refractivity contribution in [1.29, 1.82) is 0 Å². The van der Waals surface area contributed by atoms with E-state index in [4.69, 9.17) is 4.74 Å². The van der Waals surface area contributed by atoms with Gasteiger partial charge in [-0.05, 0) is 57.8 Å². The Morgan fingerprint density at radius 3 is 2.57 bits per heavy atom. The summed E-state index contributed by atoms with van der Waals surface area (Å²) in [6, 6.07) is 6.03. The number of benzene rings is 1. The van der Waals surface area contributed by atoms with Crippen molar-refractivity contribution in [2.75, 3.05) is 20.2 Å². The molecule has 0 spiro atoms. The minimum Gasteiger partial charge on any atom is -0.496 e. The van der Waals surface area contributed by atoms with E-state index in [1.165, 1.54) is 12.8 Å². The van der Waals surface area contributed by atoms with Crippen LogP contribution in [-0.2, 0) is 17.8 Å². The van der Waals surface area contributed by atoms with Crippen molar-refractivity contribution in [3.63, 3.8) is 0 Å². The van der Waals surface area contributed by atoms with Gasteiger partial charge in [-0.2, -0.15) is 0 Å². The highest BCUT2D eigenvalue weighted by atomic mass is 16.5. The smallest absolute Gasteiger partial charge is 0.309 e. The lowest BCUT2D eigenvalue weighted by Gasteiger charge is -2.21. The fourth-order valence-corrected chi connectivity index (χ4v) is 2.83. The van der Waals surface area contributed by atoms with Crippen molar-refractivity contribution < 1.29 is 14.6 Å². The summed E-state index contributed by atoms with van der Waals surface area (Å²) in [6.45, 7) is 6.67. The highest BCUT2D eigenvalue weighted by Gasteiger charge is 2.27. The summed E-state index contributed by atoms with van der Waals surface area (Å²) >= 11 is 0. The number of methoxy groups -OCH3 is 1. The number of aliphatic carboxylic acids is 1. The van der Waals surface area contributed by atoms with E-state index in [9.17, 15) is 9.90 Å². The van der Waals surface area contributed by atoms with Crippen LogP contribution < -0.4 is 4.74 Å². The molecular formula is C17H25NO3. The summed E-state index contributed by atoms with van der Waals surface area (Å²) in [7, 11) is 1.68. The lowest BCUT2D eigenvalue weighted by Crippen LogP contribution is -2.26. The molecule has 1 heterocycles. The van der Waals surface area contributed by atoms with Crippen molar-refractivity contribution in [2.24, 2.45) is 5.41 Å². The monoisotopic (exact) mass is 291 g/mol. The first-order valence-corrected chi connectivity index (χ1v) is 7.54. The zero-order chi connectivity index (χ0) is 15.5. The fraction of sp³-hybridized carbons (Fsp3) is 0.588. The highest BCUT2D eigenvalue weighted by Crippen LogP contribution is 2.27. The van der Waals surface area contributed by atoms with Crippen LogP contribution in [0.4, 0.5) is 0 Å². The van der Waals surface area contributed by atoms with E-state index in [0.29, 0.717) is 6.42 Å². The van der Waals surface area contributed by atoms with Gasteiger partial charge in [0.15, 0.2) is 0 Å². The number of rotatable bonds is 6. The van der Waals surface area contributed by atoms with E-state index >= 15 is 0 Å². The van der Waals surface area contributed by atoms with Crippen molar-refractivity contribution in [3.05, 3.63) is 29.3 Å². The van der Waals surface area contributed by atoms with Crippen LogP contribution in [0.25, 0.3) is 0 Å². The van der Waals surface area contributed by atoms with Gasteiger partial charge in [-0.25, -0.2) is 0 Å². The topological polar surface area (TPSA) is 49.8 Å². The number of carboxylic acids is 1. The molecule has 21 heavy (non-hydrogen) atoms. The number of hydrogen-bond acceptors (Lipinski definition) is 3. The zero-order valence-corrected chi connectivity index (χ0v) is 13.2. The lowest BCUT2D eigenvalue weighted by molar-refractivity contribution is -0.146. The molecule has 1 aromatic carbocycles. The summed E-state index contributed by atoms with van der Waals surface area (Å²) in [5.41, 5.74) is 1.45. The van der Waals surface area contributed by atoms with E-state index in [2.05, 4.69) is 11.0 Å². The quantitative estimate of drug-likeness (QED) is 0.875. The number of ether oxygens (including phenoxy) is 1. The average molecular weight is 291 g/mol. The summed E-state index contributed by atoms with van der Waals surface area (Å²) < 4.78 is 5.45. The van der Waals surface area contributed by atoms with Crippen LogP contribution in [0.5, 0.6) is 5.75 Å². The summed E-state index contributed by atoms with van der Waals surface area (Å²) in [5.74, 6) is 0.123. The van der Waals surface area contributed by atoms with Crippen LogP contribution in [0.1, 0.15) is 37.8 Å². The normalized spacial score (nSPS) is 16.1. The van der Waals surface area contributed by atoms with Crippen molar-refractivity contribution in [3.8, 4) is 5.75 Å². The summed E-state index contributed by atoms with van der Waals surface area (Å²) in [5, 5.41) is 9.27. The Morgan fingerprint density at radius 1 is 1.33 bits per heavy atom. The molecule has 0 aromatic heterocycles. The molecule has 0 radical (unpaired) electrons. The Labute approximate surface area is 126 Å². The van der Waals surface area contributed by atoms with E-state index < -0.39 is 11.4 Å². The molecule has 0 amide bonds. The second kappa shape index (κ2) is 6.48. The SMILES string of the molecule is COc1ccc(CC(C)(C)C(=O)O)cc1CN1CCCC1. The maximum absolute atomic E-state index is 11.3. The highest BCUT2D eigenvalue weighted by molar-refractivity contribution is 5.74. The molecule has 1 fully saturated rings. The van der Waals surface area contributed by atoms with Crippen LogP contribution in [0.15, 0.2) is 18.2 Å². The number of hydrogen-bond donors (Lipinski definition) is 1. The zero-order valence-electron chi connectivity index (χ0n) is 13.2. The van der Waals surface area contributed by atoms with Gasteiger partial charge in [0.05, 0.1) is 12.5 Å². The van der Waals surface area contributed by atoms with Gasteiger partial charge in [-0.15, -0.1) is 0 Å². The molecule has 4 heteroatoms. The molecule has 0 atom stereocenters. The summed E-state index contributed by atoms with van der Waals surface area (Å²) in [6.07, 6.45) is 3.04. The first kappa shape index (κ1) is 15.8. The molecule has 1 saturated heterocycles. The number of nitrogens with zero attached hydrogens (tertiary/aromatic N) is 1. The minimum atomic E-state index is -0.764. The van der Waals surface area contributed by atoms with Gasteiger partial charge in [0, 0.05) is 12.1 Å². The molecule has 0 bridgehead atoms. The van der Waals surface area contributed by atoms with Gasteiger partial charge in [0.25, 0.3) is 0 Å². The van der Waals surface area contributed by atoms with Crippen LogP contribution >= 0.6 is 0 Å². The number of carboxylic acid groups (broad SMARTS) is 1. The Morgan fingerprint density at radius 2 is 2.00 bits per heavy atom. The van der Waals surface area contributed by atoms with Gasteiger partial charge < -0.3 is 9.84 Å². The maximum atomic E-state index is 11.3. The van der Waals surface area contributed by atoms with Crippen molar-refractivity contribution in [2.45, 2.75) is 39.7 Å². The van der Waals surface area contributed by atoms with E-state index in [0.717, 1.165) is 36.5 Å². The predicted octanol–water partition coefficient (Wildman–Crippen LogP) is 2.94. The van der Waals surface area contributed by atoms with Gasteiger partial charge >= 0.3 is 5.97 Å². The largest absolute Gasteiger partial charge is 0.496 e. The number of likely N-dealkylation sites (tertiary alicyclic amines) is 1. The predicted molar refractivity (Wildman–Crippen MR) is 82.6 cm³/mol. The first-order valence-electron chi connectivity index (χ1n) is 7.54. The van der Waals surface area contributed by atoms with Crippen LogP contribution in [0, 0.1) is 5.41 Å². The van der Waals surface area contributed by atoms with Crippen LogP contribution in [-0.4, -0.2) is 36.2 Å². The van der Waals surface area contributed by atoms with Gasteiger partial charge in [0.2, 0.25) is 0 Å². The van der Waals surface area contributed by atoms with E-state index in [1.807, 2.05) is 12.1 Å². The summed E-state index contributed by atoms with van der Waals surface area (Å²) in [4.78, 5) is 13.7. The van der Waals surface area contributed by atoms with Crippen LogP contribution in [0.2, 0.25) is 0 Å². The Kier molecular flexibility index (Phi) is 4.88. The Bertz CT molecular complexity index is 505. The standard InChI is InChI=1S/C17H25NO3/c1-17(2,16(19)20)11-13-6-7-15(21-3)14(10-13)12-18-8-4-5-9-18/h6-7,10H,4-5,8-9,11-12H2,1-3H3,(H,19,20). The van der Waals surface area contributed by atoms with Crippen LogP contribution in [0.3, 0.4) is 0 Å². The van der Waals surface area contributed by atoms with Gasteiger partial charge in [0.1, 0.15) is 5.75 Å². The Balaban J connectivity index is 2.18. The lowest BCUT2D eigenvalue weighted by atomic mass is 9.85. The molecule has 1 aliphatic heterocycles. The van der Waals surface area contributed by atoms with Crippen molar-refractivity contribution >= 4 is 5.97 Å². The fourth-order valence-electron chi connectivity index (χ4n) is 2.83. The Hall–Kier alpha value is -1.55. The van der Waals surface area contributed by atoms with Gasteiger partial charge in [-0.3, -0.25) is 9.69 Å². The third-order valence-electron chi connectivity index (χ3n) is 4.16. The van der Waals surface area contributed by atoms with Crippen molar-refractivity contribution in [1.82, 2.24) is 4.90 Å². The first-order chi connectivity index (χ1) is 9.92.